The number of aliphatic hydroxyl groups excluding tert-OH is 1. The first kappa shape index (κ1) is 14.8. The number of amides is 1. The Morgan fingerprint density at radius 3 is 2.61 bits per heavy atom. The van der Waals surface area contributed by atoms with Crippen LogP contribution in [0.15, 0.2) is 0 Å². The van der Waals surface area contributed by atoms with E-state index in [9.17, 15) is 19.5 Å². The quantitative estimate of drug-likeness (QED) is 0.551. The Morgan fingerprint density at radius 2 is 2.06 bits per heavy atom. The summed E-state index contributed by atoms with van der Waals surface area (Å²) in [5.74, 6) is -2.33. The molecular formula is C12H20N2O4. The van der Waals surface area contributed by atoms with Crippen LogP contribution < -0.4 is 11.5 Å². The van der Waals surface area contributed by atoms with Crippen molar-refractivity contribution >= 4 is 17.5 Å². The molecule has 6 heteroatoms. The van der Waals surface area contributed by atoms with E-state index in [4.69, 9.17) is 11.5 Å². The second kappa shape index (κ2) is 6.06. The van der Waals surface area contributed by atoms with E-state index in [1.165, 1.54) is 0 Å². The SMILES string of the molecule is CC1CCC(C(=O)[C@@H](N)CCC(N)=O)C(=O)C1O. The Balaban J connectivity index is 2.61. The van der Waals surface area contributed by atoms with Crippen molar-refractivity contribution in [2.75, 3.05) is 0 Å². The number of primary amides is 1. The summed E-state index contributed by atoms with van der Waals surface area (Å²) in [7, 11) is 0. The zero-order chi connectivity index (χ0) is 13.9. The minimum atomic E-state index is -1.09. The van der Waals surface area contributed by atoms with Crippen LogP contribution in [0.3, 0.4) is 0 Å². The van der Waals surface area contributed by atoms with Gasteiger partial charge in [0.2, 0.25) is 5.91 Å². The zero-order valence-corrected chi connectivity index (χ0v) is 10.5. The summed E-state index contributed by atoms with van der Waals surface area (Å²) in [6, 6.07) is -0.868. The van der Waals surface area contributed by atoms with Crippen molar-refractivity contribution in [3.8, 4) is 0 Å². The molecule has 18 heavy (non-hydrogen) atoms. The number of hydrogen-bond acceptors (Lipinski definition) is 5. The Bertz CT molecular complexity index is 356. The lowest BCUT2D eigenvalue weighted by atomic mass is 9.76. The molecule has 6 nitrogen and oxygen atoms in total. The maximum absolute atomic E-state index is 12.0. The number of carbonyl (C=O) groups is 3. The van der Waals surface area contributed by atoms with Gasteiger partial charge in [0.1, 0.15) is 6.10 Å². The van der Waals surface area contributed by atoms with E-state index in [1.807, 2.05) is 0 Å². The summed E-state index contributed by atoms with van der Waals surface area (Å²) < 4.78 is 0. The number of rotatable bonds is 5. The fourth-order valence-corrected chi connectivity index (χ4v) is 2.20. The van der Waals surface area contributed by atoms with Crippen LogP contribution in [-0.2, 0) is 14.4 Å². The minimum Gasteiger partial charge on any atom is -0.385 e. The van der Waals surface area contributed by atoms with Crippen LogP contribution in [0.1, 0.15) is 32.6 Å². The van der Waals surface area contributed by atoms with Crippen LogP contribution in [0.5, 0.6) is 0 Å². The van der Waals surface area contributed by atoms with Crippen LogP contribution in [-0.4, -0.2) is 34.7 Å². The predicted octanol–water partition coefficient (Wildman–Crippen LogP) is -0.876. The highest BCUT2D eigenvalue weighted by atomic mass is 16.3. The van der Waals surface area contributed by atoms with E-state index in [-0.39, 0.29) is 18.8 Å². The van der Waals surface area contributed by atoms with Gasteiger partial charge in [0.15, 0.2) is 11.6 Å². The third-order valence-corrected chi connectivity index (χ3v) is 3.50. The largest absolute Gasteiger partial charge is 0.385 e. The average Bonchev–Trinajstić information content (AvgIpc) is 2.32. The minimum absolute atomic E-state index is 0.0206. The third kappa shape index (κ3) is 3.36. The molecule has 0 radical (unpaired) electrons. The van der Waals surface area contributed by atoms with Crippen LogP contribution in [0.4, 0.5) is 0 Å². The number of carbonyl (C=O) groups excluding carboxylic acids is 3. The maximum atomic E-state index is 12.0. The van der Waals surface area contributed by atoms with Crippen molar-refractivity contribution in [2.24, 2.45) is 23.3 Å². The van der Waals surface area contributed by atoms with Crippen molar-refractivity contribution in [1.29, 1.82) is 0 Å². The normalized spacial score (nSPS) is 29.9. The second-order valence-electron chi connectivity index (χ2n) is 4.97. The Hall–Kier alpha value is -1.27. The van der Waals surface area contributed by atoms with E-state index >= 15 is 0 Å². The molecular weight excluding hydrogens is 236 g/mol. The Labute approximate surface area is 106 Å². The fraction of sp³-hybridized carbons (Fsp3) is 0.750. The van der Waals surface area contributed by atoms with E-state index in [2.05, 4.69) is 0 Å². The molecule has 5 N–H and O–H groups in total. The molecule has 0 aromatic rings. The number of nitrogens with two attached hydrogens (primary N) is 2. The molecule has 4 atom stereocenters. The number of Topliss-reactive ketones (excluding diaryl/α,β-unsaturated/α-hetero) is 2. The predicted molar refractivity (Wildman–Crippen MR) is 64.3 cm³/mol. The average molecular weight is 256 g/mol. The maximum Gasteiger partial charge on any atom is 0.217 e. The molecule has 1 amide bonds. The van der Waals surface area contributed by atoms with Crippen molar-refractivity contribution in [3.63, 3.8) is 0 Å². The van der Waals surface area contributed by atoms with Gasteiger partial charge < -0.3 is 16.6 Å². The van der Waals surface area contributed by atoms with Crippen LogP contribution >= 0.6 is 0 Å². The molecule has 1 saturated carbocycles. The van der Waals surface area contributed by atoms with E-state index in [1.54, 1.807) is 6.92 Å². The Morgan fingerprint density at radius 1 is 1.44 bits per heavy atom. The Kier molecular flexibility index (Phi) is 4.98. The molecule has 0 spiro atoms. The molecule has 0 aromatic carbocycles. The van der Waals surface area contributed by atoms with Gasteiger partial charge in [-0.05, 0) is 25.2 Å². The summed E-state index contributed by atoms with van der Waals surface area (Å²) in [5, 5.41) is 9.65. The first-order valence-corrected chi connectivity index (χ1v) is 6.14. The van der Waals surface area contributed by atoms with Crippen molar-refractivity contribution in [1.82, 2.24) is 0 Å². The van der Waals surface area contributed by atoms with Crippen LogP contribution in [0.25, 0.3) is 0 Å². The molecule has 1 aliphatic rings. The van der Waals surface area contributed by atoms with Crippen molar-refractivity contribution < 1.29 is 19.5 Å². The summed E-state index contributed by atoms with van der Waals surface area (Å²) in [6.07, 6.45) is 0.110. The monoisotopic (exact) mass is 256 g/mol. The van der Waals surface area contributed by atoms with Crippen molar-refractivity contribution in [3.05, 3.63) is 0 Å². The topological polar surface area (TPSA) is 123 Å². The molecule has 0 aromatic heterocycles. The highest BCUT2D eigenvalue weighted by molar-refractivity contribution is 6.06. The van der Waals surface area contributed by atoms with Gasteiger partial charge in [0, 0.05) is 6.42 Å². The standard InChI is InChI=1S/C12H20N2O4/c1-6-2-3-7(12(18)10(6)16)11(17)8(13)4-5-9(14)15/h6-8,10,16H,2-5,13H2,1H3,(H2,14,15)/t6?,7?,8-,10?/m0/s1. The number of aliphatic hydroxyl groups is 1. The third-order valence-electron chi connectivity index (χ3n) is 3.50. The van der Waals surface area contributed by atoms with Crippen LogP contribution in [0, 0.1) is 11.8 Å². The number of ketones is 2. The molecule has 1 rings (SSSR count). The second-order valence-corrected chi connectivity index (χ2v) is 4.97. The van der Waals surface area contributed by atoms with E-state index < -0.39 is 35.5 Å². The molecule has 0 saturated heterocycles. The summed E-state index contributed by atoms with van der Waals surface area (Å²) >= 11 is 0. The van der Waals surface area contributed by atoms with Gasteiger partial charge in [0.05, 0.1) is 12.0 Å². The molecule has 102 valence electrons. The lowest BCUT2D eigenvalue weighted by molar-refractivity contribution is -0.144. The van der Waals surface area contributed by atoms with E-state index in [0.29, 0.717) is 12.8 Å². The lowest BCUT2D eigenvalue weighted by Crippen LogP contribution is -2.47. The number of hydrogen-bond donors (Lipinski definition) is 3. The first-order chi connectivity index (χ1) is 8.34. The summed E-state index contributed by atoms with van der Waals surface area (Å²) in [4.78, 5) is 34.4. The van der Waals surface area contributed by atoms with Crippen molar-refractivity contribution in [2.45, 2.75) is 44.8 Å². The molecule has 1 fully saturated rings. The molecule has 0 bridgehead atoms. The highest BCUT2D eigenvalue weighted by Gasteiger charge is 2.39. The van der Waals surface area contributed by atoms with Gasteiger partial charge in [-0.3, -0.25) is 14.4 Å². The van der Waals surface area contributed by atoms with Gasteiger partial charge in [-0.15, -0.1) is 0 Å². The van der Waals surface area contributed by atoms with E-state index in [0.717, 1.165) is 0 Å². The van der Waals surface area contributed by atoms with Gasteiger partial charge >= 0.3 is 0 Å². The smallest absolute Gasteiger partial charge is 0.217 e. The molecule has 3 unspecified atom stereocenters. The summed E-state index contributed by atoms with van der Waals surface area (Å²) in [5.41, 5.74) is 10.6. The summed E-state index contributed by atoms with van der Waals surface area (Å²) in [6.45, 7) is 1.77. The molecule has 1 aliphatic carbocycles. The van der Waals surface area contributed by atoms with Gasteiger partial charge in [-0.1, -0.05) is 6.92 Å². The lowest BCUT2D eigenvalue weighted by Gasteiger charge is -2.30. The molecule has 0 heterocycles. The zero-order valence-electron chi connectivity index (χ0n) is 10.5. The van der Waals surface area contributed by atoms with Gasteiger partial charge in [-0.2, -0.15) is 0 Å². The van der Waals surface area contributed by atoms with Gasteiger partial charge in [0.25, 0.3) is 0 Å². The first-order valence-electron chi connectivity index (χ1n) is 6.14. The molecule has 0 aliphatic heterocycles. The highest BCUT2D eigenvalue weighted by Crippen LogP contribution is 2.27. The van der Waals surface area contributed by atoms with Crippen LogP contribution in [0.2, 0.25) is 0 Å². The van der Waals surface area contributed by atoms with Gasteiger partial charge in [-0.25, -0.2) is 0 Å². The fourth-order valence-electron chi connectivity index (χ4n) is 2.20.